The number of aromatic amines is 1. The Kier molecular flexibility index (Phi) is 3.05. The fraction of sp³-hybridized carbons (Fsp3) is 0.364. The van der Waals surface area contributed by atoms with Gasteiger partial charge in [-0.3, -0.25) is 14.6 Å². The highest BCUT2D eigenvalue weighted by atomic mass is 16.2. The predicted molar refractivity (Wildman–Crippen MR) is 68.3 cm³/mol. The molecule has 2 aromatic heterocycles. The molecule has 0 spiro atoms. The molecule has 0 aliphatic rings. The second-order valence-corrected chi connectivity index (χ2v) is 4.39. The van der Waals surface area contributed by atoms with Crippen molar-refractivity contribution in [3.8, 4) is 0 Å². The molecule has 2 heterocycles. The van der Waals surface area contributed by atoms with Crippen molar-refractivity contribution >= 4 is 17.4 Å². The van der Waals surface area contributed by atoms with Gasteiger partial charge in [0.15, 0.2) is 5.82 Å². The maximum atomic E-state index is 12.0. The summed E-state index contributed by atoms with van der Waals surface area (Å²) in [4.78, 5) is 12.0. The highest BCUT2D eigenvalue weighted by molar-refractivity contribution is 6.05. The number of nitrogen functional groups attached to an aromatic ring is 1. The van der Waals surface area contributed by atoms with E-state index in [9.17, 15) is 4.79 Å². The van der Waals surface area contributed by atoms with E-state index in [1.54, 1.807) is 13.1 Å². The van der Waals surface area contributed by atoms with Crippen molar-refractivity contribution in [1.29, 1.82) is 0 Å². The van der Waals surface area contributed by atoms with Gasteiger partial charge in [0, 0.05) is 18.8 Å². The lowest BCUT2D eigenvalue weighted by atomic mass is 10.1. The van der Waals surface area contributed by atoms with E-state index in [4.69, 9.17) is 5.73 Å². The van der Waals surface area contributed by atoms with Crippen LogP contribution in [0.3, 0.4) is 0 Å². The molecule has 0 bridgehead atoms. The molecule has 96 valence electrons. The molecule has 0 atom stereocenters. The molecular weight excluding hydrogens is 232 g/mol. The first kappa shape index (κ1) is 12.2. The standard InChI is InChI=1S/C11H16N6O/c1-6(2)8-4-9(16-15-8)14-11(18)10-7(12)5-13-17(10)3/h4-6H,12H2,1-3H3,(H2,14,15,16,18). The summed E-state index contributed by atoms with van der Waals surface area (Å²) >= 11 is 0. The number of rotatable bonds is 3. The summed E-state index contributed by atoms with van der Waals surface area (Å²) in [6, 6.07) is 1.80. The Labute approximate surface area is 104 Å². The number of anilines is 2. The van der Waals surface area contributed by atoms with E-state index in [0.717, 1.165) is 5.69 Å². The summed E-state index contributed by atoms with van der Waals surface area (Å²) in [6.45, 7) is 4.08. The Hall–Kier alpha value is -2.31. The Morgan fingerprint density at radius 2 is 2.28 bits per heavy atom. The van der Waals surface area contributed by atoms with Gasteiger partial charge in [-0.2, -0.15) is 10.2 Å². The highest BCUT2D eigenvalue weighted by Gasteiger charge is 2.16. The average Bonchev–Trinajstić information content (AvgIpc) is 2.86. The van der Waals surface area contributed by atoms with Crippen LogP contribution in [0.15, 0.2) is 12.3 Å². The SMILES string of the molecule is CC(C)c1cc(NC(=O)c2c(N)cnn2C)n[nH]1. The molecule has 4 N–H and O–H groups in total. The molecule has 7 heteroatoms. The lowest BCUT2D eigenvalue weighted by molar-refractivity contribution is 0.101. The lowest BCUT2D eigenvalue weighted by Crippen LogP contribution is -2.17. The fourth-order valence-corrected chi connectivity index (χ4v) is 1.60. The molecule has 0 aliphatic carbocycles. The summed E-state index contributed by atoms with van der Waals surface area (Å²) in [5, 5.41) is 13.5. The number of carbonyl (C=O) groups is 1. The predicted octanol–water partition coefficient (Wildman–Crippen LogP) is 1.10. The van der Waals surface area contributed by atoms with Crippen LogP contribution in [-0.2, 0) is 7.05 Å². The zero-order chi connectivity index (χ0) is 13.3. The third-order valence-corrected chi connectivity index (χ3v) is 2.64. The van der Waals surface area contributed by atoms with E-state index in [2.05, 4.69) is 20.6 Å². The summed E-state index contributed by atoms with van der Waals surface area (Å²) in [7, 11) is 1.66. The minimum atomic E-state index is -0.325. The Bertz CT molecular complexity index is 548. The molecule has 0 aliphatic heterocycles. The normalized spacial score (nSPS) is 10.9. The number of carbonyl (C=O) groups excluding carboxylic acids is 1. The summed E-state index contributed by atoms with van der Waals surface area (Å²) in [5.74, 6) is 0.475. The zero-order valence-electron chi connectivity index (χ0n) is 10.6. The van der Waals surface area contributed by atoms with Crippen LogP contribution in [0.25, 0.3) is 0 Å². The molecule has 0 saturated heterocycles. The van der Waals surface area contributed by atoms with Crippen molar-refractivity contribution in [2.24, 2.45) is 7.05 Å². The molecule has 0 fully saturated rings. The molecule has 1 amide bonds. The largest absolute Gasteiger partial charge is 0.396 e. The van der Waals surface area contributed by atoms with E-state index in [-0.39, 0.29) is 5.91 Å². The van der Waals surface area contributed by atoms with Gasteiger partial charge in [0.25, 0.3) is 5.91 Å². The van der Waals surface area contributed by atoms with Gasteiger partial charge < -0.3 is 11.1 Å². The van der Waals surface area contributed by atoms with Crippen LogP contribution in [0.1, 0.15) is 35.9 Å². The average molecular weight is 248 g/mol. The minimum absolute atomic E-state index is 0.323. The van der Waals surface area contributed by atoms with Gasteiger partial charge in [-0.1, -0.05) is 13.8 Å². The molecule has 2 aromatic rings. The summed E-state index contributed by atoms with van der Waals surface area (Å²) in [6.07, 6.45) is 1.44. The van der Waals surface area contributed by atoms with Crippen LogP contribution in [-0.4, -0.2) is 25.9 Å². The van der Waals surface area contributed by atoms with Crippen molar-refractivity contribution in [3.63, 3.8) is 0 Å². The van der Waals surface area contributed by atoms with E-state index >= 15 is 0 Å². The van der Waals surface area contributed by atoms with Crippen molar-refractivity contribution in [1.82, 2.24) is 20.0 Å². The van der Waals surface area contributed by atoms with Crippen LogP contribution in [0.5, 0.6) is 0 Å². The molecule has 7 nitrogen and oxygen atoms in total. The van der Waals surface area contributed by atoms with E-state index < -0.39 is 0 Å². The van der Waals surface area contributed by atoms with Gasteiger partial charge in [0.1, 0.15) is 5.69 Å². The Balaban J connectivity index is 2.16. The van der Waals surface area contributed by atoms with Crippen LogP contribution in [0, 0.1) is 0 Å². The first-order chi connectivity index (χ1) is 8.49. The van der Waals surface area contributed by atoms with Crippen LogP contribution >= 0.6 is 0 Å². The van der Waals surface area contributed by atoms with Gasteiger partial charge >= 0.3 is 0 Å². The van der Waals surface area contributed by atoms with Crippen LogP contribution in [0.4, 0.5) is 11.5 Å². The van der Waals surface area contributed by atoms with Crippen LogP contribution in [0.2, 0.25) is 0 Å². The van der Waals surface area contributed by atoms with Crippen molar-refractivity contribution in [3.05, 3.63) is 23.7 Å². The second-order valence-electron chi connectivity index (χ2n) is 4.39. The smallest absolute Gasteiger partial charge is 0.277 e. The van der Waals surface area contributed by atoms with E-state index in [1.807, 2.05) is 13.8 Å². The first-order valence-electron chi connectivity index (χ1n) is 5.63. The molecule has 0 unspecified atom stereocenters. The number of nitrogens with zero attached hydrogens (tertiary/aromatic N) is 3. The molecule has 0 radical (unpaired) electrons. The van der Waals surface area contributed by atoms with E-state index in [1.165, 1.54) is 10.9 Å². The van der Waals surface area contributed by atoms with E-state index in [0.29, 0.717) is 23.1 Å². The van der Waals surface area contributed by atoms with Crippen LogP contribution < -0.4 is 11.1 Å². The number of nitrogens with one attached hydrogen (secondary N) is 2. The maximum absolute atomic E-state index is 12.0. The monoisotopic (exact) mass is 248 g/mol. The third kappa shape index (κ3) is 2.20. The third-order valence-electron chi connectivity index (χ3n) is 2.64. The quantitative estimate of drug-likeness (QED) is 0.757. The lowest BCUT2D eigenvalue weighted by Gasteiger charge is -2.03. The highest BCUT2D eigenvalue weighted by Crippen LogP contribution is 2.16. The summed E-state index contributed by atoms with van der Waals surface area (Å²) < 4.78 is 1.43. The number of hydrogen-bond acceptors (Lipinski definition) is 4. The van der Waals surface area contributed by atoms with Crippen molar-refractivity contribution in [2.45, 2.75) is 19.8 Å². The molecular formula is C11H16N6O. The number of hydrogen-bond donors (Lipinski definition) is 3. The zero-order valence-corrected chi connectivity index (χ0v) is 10.6. The number of amides is 1. The van der Waals surface area contributed by atoms with Crippen molar-refractivity contribution in [2.75, 3.05) is 11.1 Å². The first-order valence-corrected chi connectivity index (χ1v) is 5.63. The molecule has 2 rings (SSSR count). The van der Waals surface area contributed by atoms with Gasteiger partial charge in [-0.15, -0.1) is 0 Å². The number of nitrogens with two attached hydrogens (primary N) is 1. The Morgan fingerprint density at radius 1 is 1.56 bits per heavy atom. The van der Waals surface area contributed by atoms with Crippen molar-refractivity contribution < 1.29 is 4.79 Å². The van der Waals surface area contributed by atoms with Gasteiger partial charge in [-0.05, 0) is 5.92 Å². The van der Waals surface area contributed by atoms with Gasteiger partial charge in [0.05, 0.1) is 11.9 Å². The molecule has 0 aromatic carbocycles. The number of H-pyrrole nitrogens is 1. The summed E-state index contributed by atoms with van der Waals surface area (Å²) in [5.41, 5.74) is 7.30. The maximum Gasteiger partial charge on any atom is 0.277 e. The Morgan fingerprint density at radius 3 is 2.78 bits per heavy atom. The fourth-order valence-electron chi connectivity index (χ4n) is 1.60. The van der Waals surface area contributed by atoms with Gasteiger partial charge in [-0.25, -0.2) is 0 Å². The van der Waals surface area contributed by atoms with Gasteiger partial charge in [0.2, 0.25) is 0 Å². The second kappa shape index (κ2) is 4.52. The number of aryl methyl sites for hydroxylation is 1. The minimum Gasteiger partial charge on any atom is -0.396 e. The molecule has 18 heavy (non-hydrogen) atoms. The topological polar surface area (TPSA) is 102 Å². The number of aromatic nitrogens is 4. The molecule has 0 saturated carbocycles.